The van der Waals surface area contributed by atoms with Crippen LogP contribution in [-0.2, 0) is 0 Å². The van der Waals surface area contributed by atoms with Crippen LogP contribution < -0.4 is 11.1 Å². The monoisotopic (exact) mass is 126 g/mol. The van der Waals surface area contributed by atoms with Crippen LogP contribution in [0.4, 0.5) is 0 Å². The van der Waals surface area contributed by atoms with Crippen LogP contribution in [0.3, 0.4) is 0 Å². The summed E-state index contributed by atoms with van der Waals surface area (Å²) in [7, 11) is 0. The Bertz CT molecular complexity index is 101. The fraction of sp³-hybridized carbons (Fsp3) is 0.714. The molecule has 2 nitrogen and oxygen atoms in total. The van der Waals surface area contributed by atoms with Crippen LogP contribution >= 0.6 is 0 Å². The molecule has 0 radical (unpaired) electrons. The van der Waals surface area contributed by atoms with Gasteiger partial charge in [0.1, 0.15) is 0 Å². The van der Waals surface area contributed by atoms with E-state index in [-0.39, 0.29) is 0 Å². The van der Waals surface area contributed by atoms with Crippen molar-refractivity contribution < 1.29 is 0 Å². The van der Waals surface area contributed by atoms with Gasteiger partial charge >= 0.3 is 0 Å². The molecule has 9 heavy (non-hydrogen) atoms. The van der Waals surface area contributed by atoms with Gasteiger partial charge in [-0.05, 0) is 31.5 Å². The fourth-order valence-electron chi connectivity index (χ4n) is 1.14. The Morgan fingerprint density at radius 2 is 2.56 bits per heavy atom. The first kappa shape index (κ1) is 6.62. The molecule has 1 rings (SSSR count). The van der Waals surface area contributed by atoms with Gasteiger partial charge in [-0.3, -0.25) is 0 Å². The average molecular weight is 126 g/mol. The summed E-state index contributed by atoms with van der Waals surface area (Å²) in [5.41, 5.74) is 5.37. The van der Waals surface area contributed by atoms with E-state index < -0.39 is 0 Å². The summed E-state index contributed by atoms with van der Waals surface area (Å²) in [6, 6.07) is 0.686. The van der Waals surface area contributed by atoms with E-state index in [9.17, 15) is 0 Å². The molecular formula is C7H14N2. The third-order valence-electron chi connectivity index (χ3n) is 1.79. The van der Waals surface area contributed by atoms with Gasteiger partial charge in [-0.15, -0.1) is 0 Å². The minimum Gasteiger partial charge on any atom is -0.388 e. The summed E-state index contributed by atoms with van der Waals surface area (Å²) in [6.45, 7) is 4.41. The molecule has 0 aromatic rings. The quantitative estimate of drug-likeness (QED) is 0.574. The summed E-state index contributed by atoms with van der Waals surface area (Å²) in [5.74, 6) is 0.827. The smallest absolute Gasteiger partial charge is 0.0288 e. The summed E-state index contributed by atoms with van der Waals surface area (Å²) in [6.07, 6.45) is 4.20. The molecule has 0 amide bonds. The zero-order valence-electron chi connectivity index (χ0n) is 5.64. The third kappa shape index (κ3) is 1.72. The molecule has 3 N–H and O–H groups in total. The highest BCUT2D eigenvalue weighted by molar-refractivity contribution is 4.95. The largest absolute Gasteiger partial charge is 0.388 e. The van der Waals surface area contributed by atoms with Crippen molar-refractivity contribution in [2.75, 3.05) is 6.54 Å². The zero-order chi connectivity index (χ0) is 6.69. The van der Waals surface area contributed by atoms with Gasteiger partial charge in [0.25, 0.3) is 0 Å². The molecule has 0 bridgehead atoms. The Hall–Kier alpha value is -0.500. The maximum absolute atomic E-state index is 5.37. The van der Waals surface area contributed by atoms with Gasteiger partial charge in [0, 0.05) is 6.04 Å². The Morgan fingerprint density at radius 1 is 1.78 bits per heavy atom. The summed E-state index contributed by atoms with van der Waals surface area (Å²) >= 11 is 0. The maximum atomic E-state index is 5.37. The van der Waals surface area contributed by atoms with Gasteiger partial charge < -0.3 is 11.1 Å². The van der Waals surface area contributed by atoms with Crippen LogP contribution in [0.15, 0.2) is 12.8 Å². The second-order valence-corrected chi connectivity index (χ2v) is 2.55. The number of nitrogens with one attached hydrogen (secondary N) is 1. The fourth-order valence-corrected chi connectivity index (χ4v) is 1.14. The molecule has 0 spiro atoms. The minimum atomic E-state index is 0.686. The predicted molar refractivity (Wildman–Crippen MR) is 38.9 cm³/mol. The molecule has 1 fully saturated rings. The first-order valence-electron chi connectivity index (χ1n) is 3.45. The van der Waals surface area contributed by atoms with Crippen molar-refractivity contribution in [2.45, 2.75) is 18.9 Å². The number of nitrogens with two attached hydrogens (primary N) is 1. The lowest BCUT2D eigenvalue weighted by atomic mass is 10.3. The van der Waals surface area contributed by atoms with Gasteiger partial charge in [0.15, 0.2) is 0 Å². The molecule has 0 aromatic heterocycles. The summed E-state index contributed by atoms with van der Waals surface area (Å²) in [5, 5.41) is 3.16. The van der Waals surface area contributed by atoms with E-state index in [0.29, 0.717) is 6.04 Å². The van der Waals surface area contributed by atoms with Gasteiger partial charge in [-0.2, -0.15) is 0 Å². The van der Waals surface area contributed by atoms with Crippen LogP contribution in [0.25, 0.3) is 0 Å². The Balaban J connectivity index is 2.02. The standard InChI is InChI=1S/C7H14N2/c1-2-9-7-5-6(7)3-4-8/h2,6-7,9H,1,3-5,8H2. The van der Waals surface area contributed by atoms with E-state index in [2.05, 4.69) is 11.9 Å². The molecule has 1 saturated carbocycles. The zero-order valence-corrected chi connectivity index (χ0v) is 5.64. The number of rotatable bonds is 4. The van der Waals surface area contributed by atoms with Crippen molar-refractivity contribution in [3.8, 4) is 0 Å². The van der Waals surface area contributed by atoms with E-state index in [4.69, 9.17) is 5.73 Å². The number of hydrogen-bond acceptors (Lipinski definition) is 2. The van der Waals surface area contributed by atoms with Crippen molar-refractivity contribution in [1.82, 2.24) is 5.32 Å². The van der Waals surface area contributed by atoms with E-state index >= 15 is 0 Å². The molecule has 1 aliphatic carbocycles. The average Bonchev–Trinajstić information content (AvgIpc) is 2.50. The highest BCUT2D eigenvalue weighted by atomic mass is 14.9. The van der Waals surface area contributed by atoms with Gasteiger partial charge in [0.2, 0.25) is 0 Å². The highest BCUT2D eigenvalue weighted by Gasteiger charge is 2.34. The second-order valence-electron chi connectivity index (χ2n) is 2.55. The third-order valence-corrected chi connectivity index (χ3v) is 1.79. The van der Waals surface area contributed by atoms with Crippen molar-refractivity contribution >= 4 is 0 Å². The molecule has 0 aliphatic heterocycles. The molecule has 2 heteroatoms. The highest BCUT2D eigenvalue weighted by Crippen LogP contribution is 2.32. The van der Waals surface area contributed by atoms with Crippen LogP contribution in [0.5, 0.6) is 0 Å². The van der Waals surface area contributed by atoms with Crippen LogP contribution in [0, 0.1) is 5.92 Å². The normalized spacial score (nSPS) is 31.7. The van der Waals surface area contributed by atoms with Gasteiger partial charge in [-0.1, -0.05) is 6.58 Å². The molecular weight excluding hydrogens is 112 g/mol. The van der Waals surface area contributed by atoms with E-state index in [1.807, 2.05) is 0 Å². The molecule has 2 unspecified atom stereocenters. The van der Waals surface area contributed by atoms with Crippen molar-refractivity contribution in [1.29, 1.82) is 0 Å². The summed E-state index contributed by atoms with van der Waals surface area (Å²) in [4.78, 5) is 0. The predicted octanol–water partition coefficient (Wildman–Crippen LogP) is 0.457. The Labute approximate surface area is 56.1 Å². The second kappa shape index (κ2) is 2.87. The van der Waals surface area contributed by atoms with Gasteiger partial charge in [-0.25, -0.2) is 0 Å². The minimum absolute atomic E-state index is 0.686. The molecule has 1 aliphatic rings. The number of hydrogen-bond donors (Lipinski definition) is 2. The molecule has 2 atom stereocenters. The molecule has 0 aromatic carbocycles. The molecule has 52 valence electrons. The van der Waals surface area contributed by atoms with Crippen molar-refractivity contribution in [3.63, 3.8) is 0 Å². The van der Waals surface area contributed by atoms with E-state index in [1.54, 1.807) is 6.20 Å². The first-order valence-corrected chi connectivity index (χ1v) is 3.45. The van der Waals surface area contributed by atoms with E-state index in [1.165, 1.54) is 6.42 Å². The van der Waals surface area contributed by atoms with Crippen LogP contribution in [-0.4, -0.2) is 12.6 Å². The van der Waals surface area contributed by atoms with Gasteiger partial charge in [0.05, 0.1) is 0 Å². The lowest BCUT2D eigenvalue weighted by molar-refractivity contribution is 0.676. The Morgan fingerprint density at radius 3 is 3.11 bits per heavy atom. The molecule has 0 saturated heterocycles. The van der Waals surface area contributed by atoms with Crippen molar-refractivity contribution in [2.24, 2.45) is 11.7 Å². The molecule has 0 heterocycles. The van der Waals surface area contributed by atoms with Crippen LogP contribution in [0.1, 0.15) is 12.8 Å². The lowest BCUT2D eigenvalue weighted by Crippen LogP contribution is -2.11. The maximum Gasteiger partial charge on any atom is 0.0288 e. The topological polar surface area (TPSA) is 38.0 Å². The lowest BCUT2D eigenvalue weighted by Gasteiger charge is -1.95. The van der Waals surface area contributed by atoms with Crippen molar-refractivity contribution in [3.05, 3.63) is 12.8 Å². The van der Waals surface area contributed by atoms with Crippen LogP contribution in [0.2, 0.25) is 0 Å². The Kier molecular flexibility index (Phi) is 2.11. The summed E-state index contributed by atoms with van der Waals surface area (Å²) < 4.78 is 0. The SMILES string of the molecule is C=CNC1CC1CCN. The first-order chi connectivity index (χ1) is 4.38. The van der Waals surface area contributed by atoms with E-state index in [0.717, 1.165) is 18.9 Å².